The van der Waals surface area contributed by atoms with Crippen LogP contribution in [-0.4, -0.2) is 23.1 Å². The van der Waals surface area contributed by atoms with Gasteiger partial charge in [0, 0.05) is 38.1 Å². The lowest BCUT2D eigenvalue weighted by Crippen LogP contribution is -2.38. The molecule has 0 radical (unpaired) electrons. The molecule has 112 valence electrons. The number of para-hydroxylation sites is 1. The molecule has 1 atom stereocenters. The Morgan fingerprint density at radius 1 is 1.41 bits per heavy atom. The van der Waals surface area contributed by atoms with Gasteiger partial charge in [-0.05, 0) is 30.7 Å². The van der Waals surface area contributed by atoms with Crippen LogP contribution in [0.2, 0.25) is 0 Å². The average Bonchev–Trinajstić information content (AvgIpc) is 2.80. The summed E-state index contributed by atoms with van der Waals surface area (Å²) >= 11 is 0. The van der Waals surface area contributed by atoms with Gasteiger partial charge < -0.3 is 14.8 Å². The summed E-state index contributed by atoms with van der Waals surface area (Å²) in [5, 5.41) is 12.1. The van der Waals surface area contributed by atoms with Crippen LogP contribution in [0.5, 0.6) is 0 Å². The zero-order chi connectivity index (χ0) is 15.7. The van der Waals surface area contributed by atoms with E-state index in [1.807, 2.05) is 55.1 Å². The van der Waals surface area contributed by atoms with Gasteiger partial charge in [-0.2, -0.15) is 5.26 Å². The quantitative estimate of drug-likeness (QED) is 0.922. The molecule has 0 saturated heterocycles. The molecular formula is C17H18N4O. The Labute approximate surface area is 129 Å². The molecule has 1 unspecified atom stereocenters. The molecule has 0 bridgehead atoms. The number of nitrogens with one attached hydrogen (secondary N) is 1. The number of rotatable bonds is 2. The predicted octanol–water partition coefficient (Wildman–Crippen LogP) is 2.04. The fourth-order valence-corrected chi connectivity index (χ4v) is 2.92. The molecule has 0 aliphatic carbocycles. The van der Waals surface area contributed by atoms with Gasteiger partial charge in [0.25, 0.3) is 5.91 Å². The molecule has 3 rings (SSSR count). The number of carbonyl (C=O) groups is 1. The van der Waals surface area contributed by atoms with Gasteiger partial charge in [-0.15, -0.1) is 0 Å². The van der Waals surface area contributed by atoms with Crippen LogP contribution in [0.1, 0.15) is 28.5 Å². The minimum absolute atomic E-state index is 0.0311. The lowest BCUT2D eigenvalue weighted by Gasteiger charge is -2.25. The van der Waals surface area contributed by atoms with E-state index in [1.54, 1.807) is 0 Å². The van der Waals surface area contributed by atoms with Gasteiger partial charge in [0.15, 0.2) is 0 Å². The van der Waals surface area contributed by atoms with Crippen molar-refractivity contribution in [1.82, 2.24) is 9.88 Å². The lowest BCUT2D eigenvalue weighted by atomic mass is 10.1. The Balaban J connectivity index is 1.96. The van der Waals surface area contributed by atoms with E-state index in [1.165, 1.54) is 0 Å². The van der Waals surface area contributed by atoms with E-state index in [0.29, 0.717) is 17.8 Å². The molecule has 1 aromatic carbocycles. The number of nitrogens with zero attached hydrogens (tertiary/aromatic N) is 3. The maximum Gasteiger partial charge on any atom is 0.253 e. The van der Waals surface area contributed by atoms with Gasteiger partial charge in [-0.3, -0.25) is 4.79 Å². The molecule has 22 heavy (non-hydrogen) atoms. The van der Waals surface area contributed by atoms with Crippen molar-refractivity contribution in [3.63, 3.8) is 0 Å². The van der Waals surface area contributed by atoms with Crippen LogP contribution in [0.15, 0.2) is 36.5 Å². The first-order valence-electron chi connectivity index (χ1n) is 7.28. The van der Waals surface area contributed by atoms with Gasteiger partial charge in [0.2, 0.25) is 0 Å². The van der Waals surface area contributed by atoms with E-state index >= 15 is 0 Å². The molecule has 5 heteroatoms. The third kappa shape index (κ3) is 2.56. The fraction of sp³-hybridized carbons (Fsp3) is 0.294. The SMILES string of the molecule is CC1CN(Cc2cc(C#N)n(C)c2)c2ccccc2C(=O)N1. The summed E-state index contributed by atoms with van der Waals surface area (Å²) in [7, 11) is 1.87. The fourth-order valence-electron chi connectivity index (χ4n) is 2.92. The van der Waals surface area contributed by atoms with Crippen LogP contribution in [0, 0.1) is 11.3 Å². The van der Waals surface area contributed by atoms with Crippen LogP contribution in [0.4, 0.5) is 5.69 Å². The van der Waals surface area contributed by atoms with E-state index in [2.05, 4.69) is 16.3 Å². The van der Waals surface area contributed by atoms with Crippen molar-refractivity contribution in [2.24, 2.45) is 7.05 Å². The average molecular weight is 294 g/mol. The second-order valence-corrected chi connectivity index (χ2v) is 5.73. The minimum atomic E-state index is -0.0311. The summed E-state index contributed by atoms with van der Waals surface area (Å²) in [6.45, 7) is 3.41. The van der Waals surface area contributed by atoms with E-state index in [9.17, 15) is 4.79 Å². The van der Waals surface area contributed by atoms with Crippen molar-refractivity contribution in [3.8, 4) is 6.07 Å². The summed E-state index contributed by atoms with van der Waals surface area (Å²) in [4.78, 5) is 14.4. The van der Waals surface area contributed by atoms with Crippen molar-refractivity contribution in [3.05, 3.63) is 53.3 Å². The lowest BCUT2D eigenvalue weighted by molar-refractivity contribution is 0.0945. The Hall–Kier alpha value is -2.74. The highest BCUT2D eigenvalue weighted by molar-refractivity contribution is 6.00. The number of hydrogen-bond acceptors (Lipinski definition) is 3. The number of fused-ring (bicyclic) bond motifs is 1. The van der Waals surface area contributed by atoms with Crippen molar-refractivity contribution < 1.29 is 4.79 Å². The van der Waals surface area contributed by atoms with Gasteiger partial charge >= 0.3 is 0 Å². The third-order valence-electron chi connectivity index (χ3n) is 3.91. The van der Waals surface area contributed by atoms with Crippen molar-refractivity contribution in [1.29, 1.82) is 5.26 Å². The van der Waals surface area contributed by atoms with Crippen molar-refractivity contribution >= 4 is 11.6 Å². The first-order valence-corrected chi connectivity index (χ1v) is 7.28. The molecule has 1 aromatic heterocycles. The topological polar surface area (TPSA) is 61.1 Å². The Kier molecular flexibility index (Phi) is 3.60. The van der Waals surface area contributed by atoms with Gasteiger partial charge in [-0.25, -0.2) is 0 Å². The standard InChI is InChI=1S/C17H18N4O/c1-12-9-21(11-13-7-14(8-18)20(2)10-13)16-6-4-3-5-15(16)17(22)19-12/h3-7,10,12H,9,11H2,1-2H3,(H,19,22). The number of benzene rings is 1. The van der Waals surface area contributed by atoms with E-state index < -0.39 is 0 Å². The largest absolute Gasteiger partial charge is 0.364 e. The molecule has 0 saturated carbocycles. The number of anilines is 1. The van der Waals surface area contributed by atoms with E-state index in [-0.39, 0.29) is 11.9 Å². The predicted molar refractivity (Wildman–Crippen MR) is 84.5 cm³/mol. The second kappa shape index (κ2) is 5.57. The zero-order valence-electron chi connectivity index (χ0n) is 12.7. The summed E-state index contributed by atoms with van der Waals surface area (Å²) in [6.07, 6.45) is 1.96. The maximum absolute atomic E-state index is 12.2. The van der Waals surface area contributed by atoms with Crippen LogP contribution < -0.4 is 10.2 Å². The third-order valence-corrected chi connectivity index (χ3v) is 3.91. The van der Waals surface area contributed by atoms with Gasteiger partial charge in [-0.1, -0.05) is 12.1 Å². The van der Waals surface area contributed by atoms with Gasteiger partial charge in [0.05, 0.1) is 5.56 Å². The Bertz CT molecular complexity index is 756. The number of nitriles is 1. The minimum Gasteiger partial charge on any atom is -0.364 e. The molecule has 2 aromatic rings. The maximum atomic E-state index is 12.2. The summed E-state index contributed by atoms with van der Waals surface area (Å²) in [5.74, 6) is -0.0311. The van der Waals surface area contributed by atoms with Crippen molar-refractivity contribution in [2.75, 3.05) is 11.4 Å². The molecule has 1 amide bonds. The van der Waals surface area contributed by atoms with Crippen molar-refractivity contribution in [2.45, 2.75) is 19.5 Å². The van der Waals surface area contributed by atoms with Crippen LogP contribution >= 0.6 is 0 Å². The van der Waals surface area contributed by atoms with E-state index in [0.717, 1.165) is 17.8 Å². The molecule has 0 spiro atoms. The molecule has 1 aliphatic heterocycles. The number of aryl methyl sites for hydroxylation is 1. The zero-order valence-corrected chi connectivity index (χ0v) is 12.7. The van der Waals surface area contributed by atoms with Gasteiger partial charge in [0.1, 0.15) is 11.8 Å². The van der Waals surface area contributed by atoms with E-state index in [4.69, 9.17) is 5.26 Å². The molecule has 0 fully saturated rings. The molecule has 1 N–H and O–H groups in total. The molecule has 1 aliphatic rings. The van der Waals surface area contributed by atoms with Crippen LogP contribution in [0.25, 0.3) is 0 Å². The highest BCUT2D eigenvalue weighted by Crippen LogP contribution is 2.25. The molecule has 2 heterocycles. The van der Waals surface area contributed by atoms with Crippen LogP contribution in [0.3, 0.4) is 0 Å². The normalized spacial score (nSPS) is 17.4. The number of amides is 1. The summed E-state index contributed by atoms with van der Waals surface area (Å²) in [6, 6.07) is 11.8. The highest BCUT2D eigenvalue weighted by atomic mass is 16.1. The summed E-state index contributed by atoms with van der Waals surface area (Å²) in [5.41, 5.74) is 3.34. The first-order chi connectivity index (χ1) is 10.6. The number of hydrogen-bond donors (Lipinski definition) is 1. The molecule has 5 nitrogen and oxygen atoms in total. The summed E-state index contributed by atoms with van der Waals surface area (Å²) < 4.78 is 1.83. The Morgan fingerprint density at radius 2 is 2.18 bits per heavy atom. The monoisotopic (exact) mass is 294 g/mol. The smallest absolute Gasteiger partial charge is 0.253 e. The Morgan fingerprint density at radius 3 is 2.91 bits per heavy atom. The molecular weight excluding hydrogens is 276 g/mol. The second-order valence-electron chi connectivity index (χ2n) is 5.73. The number of aromatic nitrogens is 1. The van der Waals surface area contributed by atoms with Crippen LogP contribution in [-0.2, 0) is 13.6 Å². The highest BCUT2D eigenvalue weighted by Gasteiger charge is 2.24. The first kappa shape index (κ1) is 14.2. The number of carbonyl (C=O) groups excluding carboxylic acids is 1.